The summed E-state index contributed by atoms with van der Waals surface area (Å²) in [7, 11) is 0. The van der Waals surface area contributed by atoms with Crippen molar-refractivity contribution >= 4 is 11.5 Å². The minimum atomic E-state index is 0.366. The molecule has 0 radical (unpaired) electrons. The van der Waals surface area contributed by atoms with Crippen molar-refractivity contribution in [1.29, 1.82) is 0 Å². The predicted molar refractivity (Wildman–Crippen MR) is 79.5 cm³/mol. The number of fused-ring (bicyclic) bond motifs is 2. The summed E-state index contributed by atoms with van der Waals surface area (Å²) in [6.07, 6.45) is 6.69. The topological polar surface area (TPSA) is 72.3 Å². The molecule has 6 nitrogen and oxygen atoms in total. The first-order valence-electron chi connectivity index (χ1n) is 7.03. The Balaban J connectivity index is 1.57. The molecule has 3 aromatic heterocycles. The fraction of sp³-hybridized carbons (Fsp3) is 0.267. The Labute approximate surface area is 122 Å². The Kier molecular flexibility index (Phi) is 2.82. The molecule has 0 saturated heterocycles. The summed E-state index contributed by atoms with van der Waals surface area (Å²) in [4.78, 5) is 10.8. The van der Waals surface area contributed by atoms with Crippen LogP contribution in [0.15, 0.2) is 36.8 Å². The number of anilines is 1. The standard InChI is InChI=1S/C15H16N6/c16-15-17-7-11-9-20(6-4-13(11)19-15)10-12-8-18-21-5-2-1-3-14(12)21/h1-3,5,7-8H,4,6,9-10H2,(H2,16,17,19). The lowest BCUT2D eigenvalue weighted by molar-refractivity contribution is 0.244. The third-order valence-electron chi connectivity index (χ3n) is 3.93. The highest BCUT2D eigenvalue weighted by molar-refractivity contribution is 5.53. The van der Waals surface area contributed by atoms with Crippen LogP contribution >= 0.6 is 0 Å². The van der Waals surface area contributed by atoms with Gasteiger partial charge in [-0.15, -0.1) is 0 Å². The SMILES string of the molecule is Nc1ncc2c(n1)CCN(Cc1cnn3ccccc13)C2. The van der Waals surface area contributed by atoms with Crippen LogP contribution in [0.2, 0.25) is 0 Å². The first kappa shape index (κ1) is 12.3. The van der Waals surface area contributed by atoms with Crippen molar-refractivity contribution in [2.45, 2.75) is 19.5 Å². The van der Waals surface area contributed by atoms with Crippen LogP contribution in [0.3, 0.4) is 0 Å². The van der Waals surface area contributed by atoms with Crippen molar-refractivity contribution in [2.75, 3.05) is 12.3 Å². The van der Waals surface area contributed by atoms with E-state index in [1.807, 2.05) is 35.2 Å². The van der Waals surface area contributed by atoms with Gasteiger partial charge in [0.1, 0.15) is 0 Å². The molecule has 0 atom stereocenters. The molecule has 0 fully saturated rings. The molecule has 3 aromatic rings. The number of aromatic nitrogens is 4. The zero-order chi connectivity index (χ0) is 14.2. The second kappa shape index (κ2) is 4.82. The zero-order valence-corrected chi connectivity index (χ0v) is 11.6. The summed E-state index contributed by atoms with van der Waals surface area (Å²) in [6, 6.07) is 6.13. The summed E-state index contributed by atoms with van der Waals surface area (Å²) in [5, 5.41) is 4.39. The Hall–Kier alpha value is -2.47. The van der Waals surface area contributed by atoms with Crippen LogP contribution < -0.4 is 5.73 Å². The van der Waals surface area contributed by atoms with E-state index in [-0.39, 0.29) is 0 Å². The van der Waals surface area contributed by atoms with Gasteiger partial charge in [0.2, 0.25) is 5.95 Å². The molecule has 0 aromatic carbocycles. The second-order valence-corrected chi connectivity index (χ2v) is 5.36. The lowest BCUT2D eigenvalue weighted by Gasteiger charge is -2.27. The maximum atomic E-state index is 5.64. The van der Waals surface area contributed by atoms with Gasteiger partial charge in [-0.3, -0.25) is 4.90 Å². The minimum Gasteiger partial charge on any atom is -0.368 e. The van der Waals surface area contributed by atoms with Crippen LogP contribution in [0.4, 0.5) is 5.95 Å². The number of hydrogen-bond acceptors (Lipinski definition) is 5. The highest BCUT2D eigenvalue weighted by atomic mass is 15.2. The van der Waals surface area contributed by atoms with Gasteiger partial charge < -0.3 is 5.73 Å². The van der Waals surface area contributed by atoms with Crippen molar-refractivity contribution in [2.24, 2.45) is 0 Å². The molecule has 0 unspecified atom stereocenters. The average Bonchev–Trinajstić information content (AvgIpc) is 2.91. The molecule has 0 spiro atoms. The molecule has 0 aliphatic carbocycles. The highest BCUT2D eigenvalue weighted by Crippen LogP contribution is 2.20. The summed E-state index contributed by atoms with van der Waals surface area (Å²) in [5.41, 5.74) is 10.3. The maximum absolute atomic E-state index is 5.64. The quantitative estimate of drug-likeness (QED) is 0.765. The number of pyridine rings is 1. The third kappa shape index (κ3) is 2.23. The van der Waals surface area contributed by atoms with Gasteiger partial charge in [-0.1, -0.05) is 6.07 Å². The molecule has 1 aliphatic heterocycles. The van der Waals surface area contributed by atoms with Gasteiger partial charge in [-0.25, -0.2) is 14.5 Å². The Morgan fingerprint density at radius 3 is 3.14 bits per heavy atom. The molecule has 106 valence electrons. The van der Waals surface area contributed by atoms with E-state index in [9.17, 15) is 0 Å². The second-order valence-electron chi connectivity index (χ2n) is 5.36. The molecule has 21 heavy (non-hydrogen) atoms. The van der Waals surface area contributed by atoms with Gasteiger partial charge >= 0.3 is 0 Å². The van der Waals surface area contributed by atoms with Crippen molar-refractivity contribution in [3.63, 3.8) is 0 Å². The van der Waals surface area contributed by atoms with E-state index < -0.39 is 0 Å². The normalized spacial score (nSPS) is 15.2. The molecule has 0 saturated carbocycles. The van der Waals surface area contributed by atoms with E-state index in [1.165, 1.54) is 11.1 Å². The predicted octanol–water partition coefficient (Wildman–Crippen LogP) is 1.26. The van der Waals surface area contributed by atoms with E-state index in [0.717, 1.165) is 37.3 Å². The molecular formula is C15H16N6. The first-order valence-corrected chi connectivity index (χ1v) is 7.03. The smallest absolute Gasteiger partial charge is 0.220 e. The van der Waals surface area contributed by atoms with Crippen LogP contribution in [0.25, 0.3) is 5.52 Å². The third-order valence-corrected chi connectivity index (χ3v) is 3.93. The van der Waals surface area contributed by atoms with Crippen molar-refractivity contribution in [3.05, 3.63) is 53.6 Å². The van der Waals surface area contributed by atoms with Gasteiger partial charge in [0.25, 0.3) is 0 Å². The highest BCUT2D eigenvalue weighted by Gasteiger charge is 2.19. The van der Waals surface area contributed by atoms with Gasteiger partial charge in [-0.05, 0) is 12.1 Å². The van der Waals surface area contributed by atoms with E-state index >= 15 is 0 Å². The Bertz CT molecular complexity index is 794. The van der Waals surface area contributed by atoms with E-state index in [4.69, 9.17) is 5.73 Å². The monoisotopic (exact) mass is 280 g/mol. The van der Waals surface area contributed by atoms with E-state index in [1.54, 1.807) is 0 Å². The van der Waals surface area contributed by atoms with Gasteiger partial charge in [-0.2, -0.15) is 5.10 Å². The average molecular weight is 280 g/mol. The Morgan fingerprint density at radius 2 is 2.19 bits per heavy atom. The largest absolute Gasteiger partial charge is 0.368 e. The summed E-state index contributed by atoms with van der Waals surface area (Å²) in [5.74, 6) is 0.366. The molecule has 1 aliphatic rings. The molecule has 2 N–H and O–H groups in total. The molecule has 4 rings (SSSR count). The maximum Gasteiger partial charge on any atom is 0.220 e. The van der Waals surface area contributed by atoms with Crippen LogP contribution in [0.5, 0.6) is 0 Å². The van der Waals surface area contributed by atoms with Crippen LogP contribution in [0, 0.1) is 0 Å². The Morgan fingerprint density at radius 1 is 1.24 bits per heavy atom. The van der Waals surface area contributed by atoms with Gasteiger partial charge in [0, 0.05) is 49.6 Å². The summed E-state index contributed by atoms with van der Waals surface area (Å²) in [6.45, 7) is 2.73. The van der Waals surface area contributed by atoms with Crippen molar-refractivity contribution in [1.82, 2.24) is 24.5 Å². The number of hydrogen-bond donors (Lipinski definition) is 1. The molecule has 0 bridgehead atoms. The summed E-state index contributed by atoms with van der Waals surface area (Å²) < 4.78 is 1.91. The van der Waals surface area contributed by atoms with Crippen LogP contribution in [-0.2, 0) is 19.5 Å². The number of rotatable bonds is 2. The lowest BCUT2D eigenvalue weighted by Crippen LogP contribution is -2.31. The summed E-state index contributed by atoms with van der Waals surface area (Å²) >= 11 is 0. The number of nitrogens with two attached hydrogens (primary N) is 1. The molecule has 0 amide bonds. The molecule has 4 heterocycles. The lowest BCUT2D eigenvalue weighted by atomic mass is 10.1. The van der Waals surface area contributed by atoms with E-state index in [0.29, 0.717) is 5.95 Å². The fourth-order valence-electron chi connectivity index (χ4n) is 2.88. The van der Waals surface area contributed by atoms with Gasteiger partial charge in [0.05, 0.1) is 17.4 Å². The molecular weight excluding hydrogens is 264 g/mol. The van der Waals surface area contributed by atoms with Gasteiger partial charge in [0.15, 0.2) is 0 Å². The van der Waals surface area contributed by atoms with Crippen molar-refractivity contribution in [3.8, 4) is 0 Å². The van der Waals surface area contributed by atoms with E-state index in [2.05, 4.69) is 26.0 Å². The number of nitrogens with zero attached hydrogens (tertiary/aromatic N) is 5. The first-order chi connectivity index (χ1) is 10.3. The minimum absolute atomic E-state index is 0.366. The van der Waals surface area contributed by atoms with Crippen LogP contribution in [-0.4, -0.2) is 31.0 Å². The number of nitrogen functional groups attached to an aromatic ring is 1. The van der Waals surface area contributed by atoms with Crippen LogP contribution in [0.1, 0.15) is 16.8 Å². The van der Waals surface area contributed by atoms with Crippen molar-refractivity contribution < 1.29 is 0 Å². The fourth-order valence-corrected chi connectivity index (χ4v) is 2.88. The molecule has 6 heteroatoms. The zero-order valence-electron chi connectivity index (χ0n) is 11.6.